The lowest BCUT2D eigenvalue weighted by atomic mass is 10.3. The third-order valence-electron chi connectivity index (χ3n) is 4.42. The number of aryl methyl sites for hydroxylation is 2. The van der Waals surface area contributed by atoms with Crippen LogP contribution in [0.25, 0.3) is 5.65 Å². The molecule has 3 rings (SSSR count). The molecule has 0 saturated carbocycles. The summed E-state index contributed by atoms with van der Waals surface area (Å²) in [7, 11) is 5.93. The van der Waals surface area contributed by atoms with Crippen LogP contribution in [-0.2, 0) is 20.0 Å². The monoisotopic (exact) mass is 466 g/mol. The van der Waals surface area contributed by atoms with E-state index in [2.05, 4.69) is 75.8 Å². The molecule has 0 fully saturated rings. The minimum Gasteiger partial charge on any atom is -0.356 e. The van der Waals surface area contributed by atoms with Crippen molar-refractivity contribution in [1.82, 2.24) is 24.2 Å². The Labute approximate surface area is 172 Å². The first kappa shape index (κ1) is 20.3. The molecule has 0 aliphatic carbocycles. The zero-order valence-electron chi connectivity index (χ0n) is 15.8. The molecule has 140 valence electrons. The standard InChI is InChI=1S/C19H26N6.HI/c1-15-7-5-12-25-13-16(22-18(15)25)9-10-21-19(20-2)24(4)14-17-8-6-11-23(17)3;/h5-8,11-13H,9-10,14H2,1-4H3,(H,20,21);1H. The molecule has 26 heavy (non-hydrogen) atoms. The number of hydrogen-bond donors (Lipinski definition) is 1. The van der Waals surface area contributed by atoms with E-state index in [9.17, 15) is 0 Å². The number of fused-ring (bicyclic) bond motifs is 1. The zero-order valence-corrected chi connectivity index (χ0v) is 18.1. The van der Waals surface area contributed by atoms with Gasteiger partial charge in [-0.25, -0.2) is 4.98 Å². The number of nitrogens with zero attached hydrogens (tertiary/aromatic N) is 5. The molecule has 0 radical (unpaired) electrons. The minimum absolute atomic E-state index is 0. The molecule has 0 unspecified atom stereocenters. The van der Waals surface area contributed by atoms with Crippen molar-refractivity contribution in [3.8, 4) is 0 Å². The number of rotatable bonds is 5. The van der Waals surface area contributed by atoms with Crippen molar-refractivity contribution < 1.29 is 0 Å². The maximum atomic E-state index is 4.72. The molecule has 0 atom stereocenters. The highest BCUT2D eigenvalue weighted by atomic mass is 127. The van der Waals surface area contributed by atoms with Crippen molar-refractivity contribution in [3.05, 3.63) is 59.8 Å². The molecule has 0 spiro atoms. The van der Waals surface area contributed by atoms with Crippen molar-refractivity contribution in [2.45, 2.75) is 19.9 Å². The predicted molar refractivity (Wildman–Crippen MR) is 117 cm³/mol. The maximum absolute atomic E-state index is 4.72. The van der Waals surface area contributed by atoms with Crippen molar-refractivity contribution in [2.75, 3.05) is 20.6 Å². The molecule has 3 aromatic rings. The van der Waals surface area contributed by atoms with E-state index >= 15 is 0 Å². The number of imidazole rings is 1. The number of halogens is 1. The Hall–Kier alpha value is -2.03. The van der Waals surface area contributed by atoms with E-state index in [-0.39, 0.29) is 24.0 Å². The third-order valence-corrected chi connectivity index (χ3v) is 4.42. The van der Waals surface area contributed by atoms with Crippen molar-refractivity contribution >= 4 is 35.6 Å². The number of pyridine rings is 1. The summed E-state index contributed by atoms with van der Waals surface area (Å²) < 4.78 is 4.21. The molecule has 0 bridgehead atoms. The van der Waals surface area contributed by atoms with Gasteiger partial charge in [0, 0.05) is 58.4 Å². The van der Waals surface area contributed by atoms with Gasteiger partial charge < -0.3 is 19.2 Å². The normalized spacial score (nSPS) is 11.5. The Morgan fingerprint density at radius 1 is 1.27 bits per heavy atom. The number of guanidine groups is 1. The van der Waals surface area contributed by atoms with E-state index < -0.39 is 0 Å². The van der Waals surface area contributed by atoms with Gasteiger partial charge >= 0.3 is 0 Å². The predicted octanol–water partition coefficient (Wildman–Crippen LogP) is 2.85. The lowest BCUT2D eigenvalue weighted by molar-refractivity contribution is 0.462. The highest BCUT2D eigenvalue weighted by Gasteiger charge is 2.09. The second-order valence-electron chi connectivity index (χ2n) is 6.34. The molecule has 3 heterocycles. The van der Waals surface area contributed by atoms with Crippen LogP contribution in [0.1, 0.15) is 17.0 Å². The van der Waals surface area contributed by atoms with E-state index in [4.69, 9.17) is 4.98 Å². The zero-order chi connectivity index (χ0) is 17.8. The number of nitrogens with one attached hydrogen (secondary N) is 1. The molecule has 0 amide bonds. The Bertz CT molecular complexity index is 879. The topological polar surface area (TPSA) is 49.9 Å². The summed E-state index contributed by atoms with van der Waals surface area (Å²) in [6.45, 7) is 3.70. The van der Waals surface area contributed by atoms with Crippen LogP contribution in [0.5, 0.6) is 0 Å². The van der Waals surface area contributed by atoms with E-state index in [0.29, 0.717) is 0 Å². The third kappa shape index (κ3) is 4.57. The molecule has 0 aliphatic heterocycles. The summed E-state index contributed by atoms with van der Waals surface area (Å²) in [6, 6.07) is 8.32. The van der Waals surface area contributed by atoms with Crippen LogP contribution < -0.4 is 5.32 Å². The summed E-state index contributed by atoms with van der Waals surface area (Å²) in [5, 5.41) is 3.43. The van der Waals surface area contributed by atoms with E-state index in [1.54, 1.807) is 0 Å². The van der Waals surface area contributed by atoms with Gasteiger partial charge in [-0.1, -0.05) is 6.07 Å². The maximum Gasteiger partial charge on any atom is 0.193 e. The smallest absolute Gasteiger partial charge is 0.193 e. The molecule has 6 nitrogen and oxygen atoms in total. The van der Waals surface area contributed by atoms with Crippen LogP contribution in [0.2, 0.25) is 0 Å². The van der Waals surface area contributed by atoms with Gasteiger partial charge in [0.2, 0.25) is 0 Å². The molecule has 3 aromatic heterocycles. The van der Waals surface area contributed by atoms with Crippen LogP contribution in [0.15, 0.2) is 47.8 Å². The number of aromatic nitrogens is 3. The molecule has 0 saturated heterocycles. The van der Waals surface area contributed by atoms with E-state index in [1.165, 1.54) is 11.3 Å². The van der Waals surface area contributed by atoms with Crippen molar-refractivity contribution in [3.63, 3.8) is 0 Å². The fourth-order valence-corrected chi connectivity index (χ4v) is 2.99. The Morgan fingerprint density at radius 3 is 2.69 bits per heavy atom. The molecule has 0 aliphatic rings. The van der Waals surface area contributed by atoms with Crippen LogP contribution >= 0.6 is 24.0 Å². The van der Waals surface area contributed by atoms with Gasteiger partial charge in [0.25, 0.3) is 0 Å². The fraction of sp³-hybridized carbons (Fsp3) is 0.368. The highest BCUT2D eigenvalue weighted by Crippen LogP contribution is 2.10. The van der Waals surface area contributed by atoms with Gasteiger partial charge in [-0.05, 0) is 30.7 Å². The molecule has 0 aromatic carbocycles. The number of hydrogen-bond acceptors (Lipinski definition) is 2. The second kappa shape index (κ2) is 9.07. The van der Waals surface area contributed by atoms with Gasteiger partial charge in [0.1, 0.15) is 5.65 Å². The quantitative estimate of drug-likeness (QED) is 0.358. The van der Waals surface area contributed by atoms with Gasteiger partial charge in [-0.2, -0.15) is 0 Å². The lowest BCUT2D eigenvalue weighted by Gasteiger charge is -2.22. The van der Waals surface area contributed by atoms with E-state index in [1.807, 2.05) is 19.3 Å². The first-order valence-electron chi connectivity index (χ1n) is 8.53. The van der Waals surface area contributed by atoms with Crippen LogP contribution in [0.4, 0.5) is 0 Å². The number of aliphatic imine (C=N–C) groups is 1. The molecule has 1 N–H and O–H groups in total. The van der Waals surface area contributed by atoms with Crippen LogP contribution in [-0.4, -0.2) is 45.5 Å². The SMILES string of the molecule is CN=C(NCCc1cn2cccc(C)c2n1)N(C)Cc1cccn1C.I. The fourth-order valence-electron chi connectivity index (χ4n) is 2.99. The first-order chi connectivity index (χ1) is 12.1. The summed E-state index contributed by atoms with van der Waals surface area (Å²) >= 11 is 0. The summed E-state index contributed by atoms with van der Waals surface area (Å²) in [5.41, 5.74) is 4.56. The van der Waals surface area contributed by atoms with E-state index in [0.717, 1.165) is 36.8 Å². The lowest BCUT2D eigenvalue weighted by Crippen LogP contribution is -2.39. The second-order valence-corrected chi connectivity index (χ2v) is 6.34. The van der Waals surface area contributed by atoms with Gasteiger partial charge in [-0.3, -0.25) is 4.99 Å². The summed E-state index contributed by atoms with van der Waals surface area (Å²) in [5.74, 6) is 0.890. The highest BCUT2D eigenvalue weighted by molar-refractivity contribution is 14.0. The largest absolute Gasteiger partial charge is 0.356 e. The van der Waals surface area contributed by atoms with Gasteiger partial charge in [0.15, 0.2) is 5.96 Å². The Morgan fingerprint density at radius 2 is 2.04 bits per heavy atom. The Balaban J connectivity index is 0.00000243. The molecule has 7 heteroatoms. The molecular weight excluding hydrogens is 439 g/mol. The van der Waals surface area contributed by atoms with Gasteiger partial charge in [0.05, 0.1) is 12.2 Å². The van der Waals surface area contributed by atoms with Crippen molar-refractivity contribution in [2.24, 2.45) is 12.0 Å². The average Bonchev–Trinajstić information content (AvgIpc) is 3.19. The molecular formula is C19H27IN6. The first-order valence-corrected chi connectivity index (χ1v) is 8.53. The average molecular weight is 466 g/mol. The Kier molecular flexibility index (Phi) is 7.07. The summed E-state index contributed by atoms with van der Waals surface area (Å²) in [4.78, 5) is 11.2. The van der Waals surface area contributed by atoms with Crippen molar-refractivity contribution in [1.29, 1.82) is 0 Å². The minimum atomic E-state index is 0. The summed E-state index contributed by atoms with van der Waals surface area (Å²) in [6.07, 6.45) is 7.06. The van der Waals surface area contributed by atoms with Crippen LogP contribution in [0.3, 0.4) is 0 Å². The van der Waals surface area contributed by atoms with Crippen LogP contribution in [0, 0.1) is 6.92 Å². The van der Waals surface area contributed by atoms with Gasteiger partial charge in [-0.15, -0.1) is 24.0 Å².